The summed E-state index contributed by atoms with van der Waals surface area (Å²) in [7, 11) is 0. The number of rotatable bonds is 48. The van der Waals surface area contributed by atoms with Gasteiger partial charge in [-0.1, -0.05) is 181 Å². The Morgan fingerprint density at radius 3 is 1.04 bits per heavy atom. The molecule has 0 bridgehead atoms. The molecule has 0 fully saturated rings. The van der Waals surface area contributed by atoms with Crippen LogP contribution in [0.2, 0.25) is 0 Å². The Morgan fingerprint density at radius 1 is 0.439 bits per heavy atom. The van der Waals surface area contributed by atoms with Gasteiger partial charge in [-0.25, -0.2) is 0 Å². The van der Waals surface area contributed by atoms with Crippen molar-refractivity contribution in [3.63, 3.8) is 0 Å². The van der Waals surface area contributed by atoms with E-state index < -0.39 is 5.97 Å². The summed E-state index contributed by atoms with van der Waals surface area (Å²) in [5, 5.41) is 27.2. The molecule has 342 valence electrons. The number of aliphatic hydroxyl groups is 2. The first-order valence-electron chi connectivity index (χ1n) is 24.3. The van der Waals surface area contributed by atoms with Gasteiger partial charge in [0, 0.05) is 39.3 Å². The largest absolute Gasteiger partial charge is 0.481 e. The van der Waals surface area contributed by atoms with Gasteiger partial charge in [0.25, 0.3) is 0 Å². The third-order valence-electron chi connectivity index (χ3n) is 10.5. The van der Waals surface area contributed by atoms with Crippen LogP contribution in [0.5, 0.6) is 0 Å². The zero-order valence-corrected chi connectivity index (χ0v) is 37.7. The van der Waals surface area contributed by atoms with Gasteiger partial charge in [-0.05, 0) is 38.5 Å². The third kappa shape index (κ3) is 52.9. The molecule has 0 spiro atoms. The Kier molecular flexibility index (Phi) is 53.8. The Labute approximate surface area is 352 Å². The summed E-state index contributed by atoms with van der Waals surface area (Å²) in [5.41, 5.74) is 0. The van der Waals surface area contributed by atoms with Gasteiger partial charge >= 0.3 is 5.97 Å². The van der Waals surface area contributed by atoms with Gasteiger partial charge in [-0.3, -0.25) is 4.79 Å². The van der Waals surface area contributed by atoms with Crippen LogP contribution < -0.4 is 0 Å². The fourth-order valence-electron chi connectivity index (χ4n) is 6.74. The molecule has 9 nitrogen and oxygen atoms in total. The van der Waals surface area contributed by atoms with Crippen molar-refractivity contribution in [2.45, 2.75) is 244 Å². The molecule has 2 unspecified atom stereocenters. The second-order valence-corrected chi connectivity index (χ2v) is 16.2. The zero-order chi connectivity index (χ0) is 42.0. The molecule has 0 aromatic heterocycles. The van der Waals surface area contributed by atoms with Crippen molar-refractivity contribution < 1.29 is 43.9 Å². The molecule has 0 rings (SSSR count). The van der Waals surface area contributed by atoms with E-state index in [1.54, 1.807) is 0 Å². The van der Waals surface area contributed by atoms with E-state index in [0.29, 0.717) is 45.7 Å². The minimum Gasteiger partial charge on any atom is -0.481 e. The molecule has 0 aliphatic carbocycles. The highest BCUT2D eigenvalue weighted by molar-refractivity contribution is 5.66. The molecule has 0 aliphatic rings. The molecule has 3 N–H and O–H groups in total. The number of carboxylic acids is 1. The van der Waals surface area contributed by atoms with E-state index in [9.17, 15) is 19.8 Å². The third-order valence-corrected chi connectivity index (χ3v) is 10.5. The lowest BCUT2D eigenvalue weighted by Crippen LogP contribution is -2.24. The van der Waals surface area contributed by atoms with Crippen LogP contribution in [-0.2, 0) is 28.5 Å². The average molecular weight is 817 g/mol. The lowest BCUT2D eigenvalue weighted by molar-refractivity contribution is -0.137. The summed E-state index contributed by atoms with van der Waals surface area (Å²) < 4.78 is 22.3. The second-order valence-electron chi connectivity index (χ2n) is 16.2. The summed E-state index contributed by atoms with van der Waals surface area (Å²) >= 11 is 0. The van der Waals surface area contributed by atoms with Crippen LogP contribution >= 0.6 is 0 Å². The quantitative estimate of drug-likeness (QED) is 0.0405. The smallest absolute Gasteiger partial charge is 0.303 e. The topological polar surface area (TPSA) is 132 Å². The minimum atomic E-state index is -0.778. The van der Waals surface area contributed by atoms with E-state index in [2.05, 4.69) is 13.8 Å². The van der Waals surface area contributed by atoms with Gasteiger partial charge in [0.15, 0.2) is 0 Å². The number of carbonyl (C=O) groups is 2. The van der Waals surface area contributed by atoms with E-state index in [1.165, 1.54) is 167 Å². The Hall–Kier alpha value is -1.10. The van der Waals surface area contributed by atoms with E-state index >= 15 is 0 Å². The van der Waals surface area contributed by atoms with Gasteiger partial charge in [0.1, 0.15) is 18.5 Å². The monoisotopic (exact) mass is 817 g/mol. The number of aliphatic hydroxyl groups excluding tert-OH is 2. The highest BCUT2D eigenvalue weighted by Crippen LogP contribution is 2.14. The van der Waals surface area contributed by atoms with E-state index in [4.69, 9.17) is 24.1 Å². The molecule has 0 saturated carbocycles. The van der Waals surface area contributed by atoms with Crippen molar-refractivity contribution in [1.82, 2.24) is 0 Å². The van der Waals surface area contributed by atoms with E-state index in [0.717, 1.165) is 45.2 Å². The summed E-state index contributed by atoms with van der Waals surface area (Å²) in [6.45, 7) is 7.88. The number of carbonyl (C=O) groups excluding carboxylic acids is 1. The first-order valence-corrected chi connectivity index (χ1v) is 24.3. The molecule has 0 heterocycles. The van der Waals surface area contributed by atoms with Crippen molar-refractivity contribution >= 4 is 12.3 Å². The fraction of sp³-hybridized carbons (Fsp3) is 0.958. The molecule has 57 heavy (non-hydrogen) atoms. The molecular formula is C48H96O9. The van der Waals surface area contributed by atoms with Crippen LogP contribution in [0, 0.1) is 0 Å². The maximum Gasteiger partial charge on any atom is 0.303 e. The molecule has 9 heteroatoms. The molecular weight excluding hydrogens is 721 g/mol. The minimum absolute atomic E-state index is 0.00752. The number of aliphatic carboxylic acids is 1. The normalized spacial score (nSPS) is 12.4. The van der Waals surface area contributed by atoms with E-state index in [-0.39, 0.29) is 31.8 Å². The maximum absolute atomic E-state index is 10.4. The predicted octanol–water partition coefficient (Wildman–Crippen LogP) is 12.3. The number of aldehydes is 1. The molecule has 0 radical (unpaired) electrons. The predicted molar refractivity (Wildman–Crippen MR) is 237 cm³/mol. The standard InChI is InChI=1S/C24H48O5.C24H48O4/c1-2-3-4-5-6-7-8-9-10-11-12-13-14-16-19-28-22-23(21-25)29-20-17-15-18-24(26)27;1-2-3-4-5-6-7-8-9-10-11-12-13-14-17-20-27-23-24(22-26)28-21-18-15-16-19-25/h23,25H,2-22H2,1H3,(H,26,27);19,24,26H,2-18,20-23H2,1H3. The van der Waals surface area contributed by atoms with Gasteiger partial charge < -0.3 is 39.1 Å². The van der Waals surface area contributed by atoms with Crippen LogP contribution in [-0.4, -0.2) is 92.6 Å². The second kappa shape index (κ2) is 52.9. The van der Waals surface area contributed by atoms with Crippen LogP contribution in [0.4, 0.5) is 0 Å². The van der Waals surface area contributed by atoms with Crippen molar-refractivity contribution in [3.05, 3.63) is 0 Å². The fourth-order valence-corrected chi connectivity index (χ4v) is 6.74. The molecule has 0 aromatic carbocycles. The van der Waals surface area contributed by atoms with Crippen molar-refractivity contribution in [2.24, 2.45) is 0 Å². The van der Waals surface area contributed by atoms with Crippen LogP contribution in [0.3, 0.4) is 0 Å². The number of carboxylic acid groups (broad SMARTS) is 1. The summed E-state index contributed by atoms with van der Waals surface area (Å²) in [6.07, 6.45) is 42.1. The number of hydrogen-bond acceptors (Lipinski definition) is 8. The molecule has 0 aromatic rings. The first-order chi connectivity index (χ1) is 28.0. The molecule has 0 amide bonds. The highest BCUT2D eigenvalue weighted by atomic mass is 16.5. The van der Waals surface area contributed by atoms with Gasteiger partial charge in [-0.15, -0.1) is 0 Å². The average Bonchev–Trinajstić information content (AvgIpc) is 3.21. The maximum atomic E-state index is 10.4. The van der Waals surface area contributed by atoms with Crippen molar-refractivity contribution in [3.8, 4) is 0 Å². The van der Waals surface area contributed by atoms with Crippen LogP contribution in [0.15, 0.2) is 0 Å². The van der Waals surface area contributed by atoms with Crippen molar-refractivity contribution in [1.29, 1.82) is 0 Å². The zero-order valence-electron chi connectivity index (χ0n) is 37.7. The molecule has 0 aliphatic heterocycles. The molecule has 2 atom stereocenters. The van der Waals surface area contributed by atoms with Crippen LogP contribution in [0.1, 0.15) is 232 Å². The van der Waals surface area contributed by atoms with Gasteiger partial charge in [0.2, 0.25) is 0 Å². The van der Waals surface area contributed by atoms with E-state index in [1.807, 2.05) is 0 Å². The van der Waals surface area contributed by atoms with Gasteiger partial charge in [0.05, 0.1) is 26.4 Å². The summed E-state index contributed by atoms with van der Waals surface area (Å²) in [6, 6.07) is 0. The van der Waals surface area contributed by atoms with Gasteiger partial charge in [-0.2, -0.15) is 0 Å². The number of hydrogen-bond donors (Lipinski definition) is 3. The number of unbranched alkanes of at least 4 members (excludes halogenated alkanes) is 29. The Bertz CT molecular complexity index is 753. The summed E-state index contributed by atoms with van der Waals surface area (Å²) in [5.74, 6) is -0.778. The van der Waals surface area contributed by atoms with Crippen molar-refractivity contribution in [2.75, 3.05) is 52.9 Å². The number of ether oxygens (including phenoxy) is 4. The molecule has 0 saturated heterocycles. The first kappa shape index (κ1) is 58.0. The highest BCUT2D eigenvalue weighted by Gasteiger charge is 2.09. The SMILES string of the molecule is CCCCCCCCCCCCCCCCOCC(CO)OCCCCC(=O)O.CCCCCCCCCCCCCCCCOCC(CO)OCCCCC=O. The summed E-state index contributed by atoms with van der Waals surface area (Å²) in [4.78, 5) is 20.7. The Morgan fingerprint density at radius 2 is 0.737 bits per heavy atom. The van der Waals surface area contributed by atoms with Crippen LogP contribution in [0.25, 0.3) is 0 Å². The lowest BCUT2D eigenvalue weighted by Gasteiger charge is -2.15. The Balaban J connectivity index is 0. The lowest BCUT2D eigenvalue weighted by atomic mass is 10.0.